The highest BCUT2D eigenvalue weighted by Gasteiger charge is 2.50. The van der Waals surface area contributed by atoms with E-state index in [1.54, 1.807) is 13.0 Å². The first-order chi connectivity index (χ1) is 12.7. The maximum absolute atomic E-state index is 12.7. The minimum absolute atomic E-state index is 0.0426. The van der Waals surface area contributed by atoms with Gasteiger partial charge < -0.3 is 4.90 Å². The molecule has 1 saturated heterocycles. The Kier molecular flexibility index (Phi) is 5.82. The summed E-state index contributed by atoms with van der Waals surface area (Å²) in [5.41, 5.74) is -1.14. The molecule has 2 fully saturated rings. The summed E-state index contributed by atoms with van der Waals surface area (Å²) in [6.45, 7) is 2.08. The maximum atomic E-state index is 12.7. The smallest absolute Gasteiger partial charge is 0.265 e. The van der Waals surface area contributed by atoms with Crippen molar-refractivity contribution in [3.05, 3.63) is 29.3 Å². The Labute approximate surface area is 165 Å². The second-order valence-electron chi connectivity index (χ2n) is 7.62. The summed E-state index contributed by atoms with van der Waals surface area (Å²) in [6, 6.07) is 5.94. The average molecular weight is 413 g/mol. The topological polar surface area (TPSA) is 83.6 Å². The second-order valence-corrected chi connectivity index (χ2v) is 9.68. The van der Waals surface area contributed by atoms with E-state index in [1.165, 1.54) is 48.8 Å². The number of nitrogens with one attached hydrogen (secondary N) is 1. The summed E-state index contributed by atoms with van der Waals surface area (Å²) in [5, 5.41) is 0.0426. The van der Waals surface area contributed by atoms with Crippen LogP contribution in [0.4, 0.5) is 0 Å². The molecule has 1 heterocycles. The zero-order valence-corrected chi connectivity index (χ0v) is 17.0. The minimum atomic E-state index is -4.09. The molecule has 1 aromatic carbocycles. The average Bonchev–Trinajstić information content (AvgIpc) is 3.11. The predicted octanol–water partition coefficient (Wildman–Crippen LogP) is 3.11. The Balaban J connectivity index is 1.64. The summed E-state index contributed by atoms with van der Waals surface area (Å²) >= 11 is 5.94. The van der Waals surface area contributed by atoms with E-state index < -0.39 is 21.5 Å². The Morgan fingerprint density at radius 1 is 1.26 bits per heavy atom. The van der Waals surface area contributed by atoms with Gasteiger partial charge in [0, 0.05) is 13.0 Å². The first-order valence-electron chi connectivity index (χ1n) is 9.36. The van der Waals surface area contributed by atoms with Crippen molar-refractivity contribution >= 4 is 33.4 Å². The van der Waals surface area contributed by atoms with Gasteiger partial charge in [-0.1, -0.05) is 49.4 Å². The van der Waals surface area contributed by atoms with Gasteiger partial charge in [0.05, 0.1) is 5.02 Å². The third-order valence-electron chi connectivity index (χ3n) is 5.80. The Bertz CT molecular complexity index is 836. The lowest BCUT2D eigenvalue weighted by Crippen LogP contribution is -2.67. The minimum Gasteiger partial charge on any atom is -0.328 e. The molecule has 0 aromatic heterocycles. The van der Waals surface area contributed by atoms with Crippen molar-refractivity contribution in [2.45, 2.75) is 62.3 Å². The molecule has 0 bridgehead atoms. The van der Waals surface area contributed by atoms with Crippen molar-refractivity contribution < 1.29 is 18.0 Å². The summed E-state index contributed by atoms with van der Waals surface area (Å²) in [6.07, 6.45) is 6.47. The Morgan fingerprint density at radius 2 is 1.93 bits per heavy atom. The van der Waals surface area contributed by atoms with Gasteiger partial charge in [0.2, 0.25) is 5.91 Å². The van der Waals surface area contributed by atoms with Crippen molar-refractivity contribution in [3.8, 4) is 0 Å². The first-order valence-corrected chi connectivity index (χ1v) is 11.2. The molecule has 0 radical (unpaired) electrons. The van der Waals surface area contributed by atoms with Crippen molar-refractivity contribution in [2.75, 3.05) is 6.54 Å². The van der Waals surface area contributed by atoms with Gasteiger partial charge in [-0.3, -0.25) is 9.59 Å². The van der Waals surface area contributed by atoms with Gasteiger partial charge in [-0.15, -0.1) is 0 Å². The molecule has 1 saturated carbocycles. The number of rotatable bonds is 6. The second kappa shape index (κ2) is 7.80. The van der Waals surface area contributed by atoms with Crippen LogP contribution in [0.2, 0.25) is 5.02 Å². The van der Waals surface area contributed by atoms with Crippen LogP contribution >= 0.6 is 11.6 Å². The fourth-order valence-electron chi connectivity index (χ4n) is 3.91. The van der Waals surface area contributed by atoms with E-state index in [4.69, 9.17) is 11.6 Å². The van der Waals surface area contributed by atoms with Crippen molar-refractivity contribution in [2.24, 2.45) is 5.92 Å². The fraction of sp³-hybridized carbons (Fsp3) is 0.579. The standard InChI is InChI=1S/C19H25ClN2O4S/c1-19(12-13-22(19)17(23)11-10-14-6-2-3-7-14)18(24)21-27(25,26)16-9-5-4-8-15(16)20/h4-5,8-9,14H,2-3,6-7,10-13H2,1H3,(H,21,24). The highest BCUT2D eigenvalue weighted by Crippen LogP contribution is 2.34. The van der Waals surface area contributed by atoms with Crippen LogP contribution in [0.15, 0.2) is 29.2 Å². The predicted molar refractivity (Wildman–Crippen MR) is 103 cm³/mol. The van der Waals surface area contributed by atoms with Gasteiger partial charge >= 0.3 is 0 Å². The molecule has 1 aromatic rings. The number of nitrogens with zero attached hydrogens (tertiary/aromatic N) is 1. The van der Waals surface area contributed by atoms with Crippen LogP contribution < -0.4 is 4.72 Å². The van der Waals surface area contributed by atoms with E-state index in [2.05, 4.69) is 4.72 Å². The van der Waals surface area contributed by atoms with Crippen LogP contribution in [0.25, 0.3) is 0 Å². The number of halogens is 1. The zero-order chi connectivity index (χ0) is 19.7. The largest absolute Gasteiger partial charge is 0.328 e. The van der Waals surface area contributed by atoms with Gasteiger partial charge in [-0.2, -0.15) is 0 Å². The number of sulfonamides is 1. The van der Waals surface area contributed by atoms with Crippen LogP contribution in [-0.2, 0) is 19.6 Å². The lowest BCUT2D eigenvalue weighted by molar-refractivity contribution is -0.156. The summed E-state index contributed by atoms with van der Waals surface area (Å²) in [7, 11) is -4.09. The number of benzene rings is 1. The van der Waals surface area contributed by atoms with Crippen LogP contribution in [0, 0.1) is 5.92 Å². The lowest BCUT2D eigenvalue weighted by Gasteiger charge is -2.49. The number of carbonyl (C=O) groups is 2. The van der Waals surface area contributed by atoms with Crippen molar-refractivity contribution in [3.63, 3.8) is 0 Å². The van der Waals surface area contributed by atoms with Crippen molar-refractivity contribution in [1.82, 2.24) is 9.62 Å². The normalized spacial score (nSPS) is 23.1. The van der Waals surface area contributed by atoms with Crippen LogP contribution in [0.3, 0.4) is 0 Å². The SMILES string of the molecule is CC1(C(=O)NS(=O)(=O)c2ccccc2Cl)CCN1C(=O)CCC1CCCC1. The van der Waals surface area contributed by atoms with E-state index in [-0.39, 0.29) is 15.8 Å². The lowest BCUT2D eigenvalue weighted by atomic mass is 9.85. The summed E-state index contributed by atoms with van der Waals surface area (Å²) < 4.78 is 27.1. The molecule has 1 atom stereocenters. The third kappa shape index (κ3) is 4.14. The summed E-state index contributed by atoms with van der Waals surface area (Å²) in [4.78, 5) is 26.6. The molecule has 8 heteroatoms. The van der Waals surface area contributed by atoms with Crippen molar-refractivity contribution in [1.29, 1.82) is 0 Å². The molecule has 6 nitrogen and oxygen atoms in total. The maximum Gasteiger partial charge on any atom is 0.265 e. The fourth-order valence-corrected chi connectivity index (χ4v) is 5.50. The monoisotopic (exact) mass is 412 g/mol. The van der Waals surface area contributed by atoms with E-state index in [0.29, 0.717) is 25.3 Å². The first kappa shape index (κ1) is 20.1. The highest BCUT2D eigenvalue weighted by atomic mass is 35.5. The number of amides is 2. The molecule has 1 aliphatic carbocycles. The molecule has 2 aliphatic rings. The van der Waals surface area contributed by atoms with Crippen LogP contribution in [0.5, 0.6) is 0 Å². The molecular weight excluding hydrogens is 388 g/mol. The molecule has 1 N–H and O–H groups in total. The Hall–Kier alpha value is -1.60. The number of hydrogen-bond acceptors (Lipinski definition) is 4. The number of carbonyl (C=O) groups excluding carboxylic acids is 2. The molecule has 0 spiro atoms. The van der Waals surface area contributed by atoms with Gasteiger partial charge in [0.15, 0.2) is 0 Å². The molecule has 27 heavy (non-hydrogen) atoms. The number of likely N-dealkylation sites (tertiary alicyclic amines) is 1. The van der Waals surface area contributed by atoms with Crippen LogP contribution in [-0.4, -0.2) is 37.2 Å². The zero-order valence-electron chi connectivity index (χ0n) is 15.4. The van der Waals surface area contributed by atoms with E-state index >= 15 is 0 Å². The molecule has 2 amide bonds. The van der Waals surface area contributed by atoms with Gasteiger partial charge in [0.25, 0.3) is 15.9 Å². The third-order valence-corrected chi connectivity index (χ3v) is 7.63. The van der Waals surface area contributed by atoms with Gasteiger partial charge in [0.1, 0.15) is 10.4 Å². The Morgan fingerprint density at radius 3 is 2.52 bits per heavy atom. The van der Waals surface area contributed by atoms with Crippen LogP contribution in [0.1, 0.15) is 51.9 Å². The highest BCUT2D eigenvalue weighted by molar-refractivity contribution is 7.90. The van der Waals surface area contributed by atoms with Gasteiger partial charge in [-0.25, -0.2) is 13.1 Å². The number of hydrogen-bond donors (Lipinski definition) is 1. The molecule has 148 valence electrons. The van der Waals surface area contributed by atoms with E-state index in [9.17, 15) is 18.0 Å². The molecular formula is C19H25ClN2O4S. The van der Waals surface area contributed by atoms with E-state index in [1.807, 2.05) is 0 Å². The molecule has 3 rings (SSSR count). The van der Waals surface area contributed by atoms with E-state index in [0.717, 1.165) is 6.42 Å². The summed E-state index contributed by atoms with van der Waals surface area (Å²) in [5.74, 6) is -0.181. The molecule has 1 aliphatic heterocycles. The molecule has 1 unspecified atom stereocenters. The quantitative estimate of drug-likeness (QED) is 0.778. The van der Waals surface area contributed by atoms with Gasteiger partial charge in [-0.05, 0) is 37.8 Å².